The molecule has 0 aliphatic carbocycles. The molecule has 1 saturated heterocycles. The largest absolute Gasteiger partial charge is 0.490 e. The number of aromatic nitrogens is 2. The van der Waals surface area contributed by atoms with E-state index in [4.69, 9.17) is 0 Å². The number of piperidine rings is 1. The molecule has 2 aliphatic rings. The molecular formula is C29H21F3N4O3. The minimum atomic E-state index is -4.80. The third-order valence-electron chi connectivity index (χ3n) is 7.01. The molecule has 1 N–H and O–H groups in total. The summed E-state index contributed by atoms with van der Waals surface area (Å²) in [6.07, 6.45) is -4.50. The Labute approximate surface area is 220 Å². The Morgan fingerprint density at radius 3 is 2.15 bits per heavy atom. The van der Waals surface area contributed by atoms with Gasteiger partial charge in [-0.3, -0.25) is 19.7 Å². The molecule has 1 unspecified atom stereocenters. The number of alkyl halides is 3. The van der Waals surface area contributed by atoms with E-state index in [1.54, 1.807) is 60.7 Å². The third kappa shape index (κ3) is 4.27. The van der Waals surface area contributed by atoms with Gasteiger partial charge in [-0.2, -0.15) is 0 Å². The number of carbonyl (C=O) groups is 3. The highest BCUT2D eigenvalue weighted by Gasteiger charge is 2.41. The van der Waals surface area contributed by atoms with Crippen LogP contribution in [0.2, 0.25) is 0 Å². The number of imidazole rings is 1. The fraction of sp³-hybridized carbons (Fsp3) is 0.172. The van der Waals surface area contributed by atoms with Gasteiger partial charge >= 0.3 is 6.30 Å². The molecule has 196 valence electrons. The number of halogens is 3. The average molecular weight is 531 g/mol. The zero-order chi connectivity index (χ0) is 27.3. The van der Waals surface area contributed by atoms with E-state index in [2.05, 4.69) is 10.3 Å². The smallest absolute Gasteiger partial charge is 0.322 e. The highest BCUT2D eigenvalue weighted by molar-refractivity contribution is 6.05. The number of amides is 3. The van der Waals surface area contributed by atoms with Gasteiger partial charge in [0.1, 0.15) is 11.9 Å². The van der Waals surface area contributed by atoms with Crippen molar-refractivity contribution in [2.24, 2.45) is 0 Å². The molecule has 6 rings (SSSR count). The van der Waals surface area contributed by atoms with Gasteiger partial charge in [-0.1, -0.05) is 66.7 Å². The molecule has 0 spiro atoms. The topological polar surface area (TPSA) is 84.3 Å². The van der Waals surface area contributed by atoms with Gasteiger partial charge in [0.25, 0.3) is 5.91 Å². The number of imide groups is 1. The fourth-order valence-electron chi connectivity index (χ4n) is 5.23. The predicted molar refractivity (Wildman–Crippen MR) is 136 cm³/mol. The van der Waals surface area contributed by atoms with E-state index in [0.29, 0.717) is 22.3 Å². The van der Waals surface area contributed by atoms with Crippen molar-refractivity contribution in [3.05, 3.63) is 90.0 Å². The highest BCUT2D eigenvalue weighted by atomic mass is 19.4. The Balaban J connectivity index is 1.48. The highest BCUT2D eigenvalue weighted by Crippen LogP contribution is 2.42. The zero-order valence-electron chi connectivity index (χ0n) is 20.4. The van der Waals surface area contributed by atoms with Gasteiger partial charge < -0.3 is 4.90 Å². The van der Waals surface area contributed by atoms with Gasteiger partial charge in [-0.25, -0.2) is 9.55 Å². The fourth-order valence-corrected chi connectivity index (χ4v) is 5.23. The van der Waals surface area contributed by atoms with Gasteiger partial charge in [-0.15, -0.1) is 13.2 Å². The first-order valence-electron chi connectivity index (χ1n) is 12.3. The van der Waals surface area contributed by atoms with Crippen molar-refractivity contribution in [3.63, 3.8) is 0 Å². The summed E-state index contributed by atoms with van der Waals surface area (Å²) in [6, 6.07) is 20.6. The Morgan fingerprint density at radius 2 is 1.51 bits per heavy atom. The van der Waals surface area contributed by atoms with Gasteiger partial charge in [0, 0.05) is 35.2 Å². The van der Waals surface area contributed by atoms with Crippen molar-refractivity contribution in [2.45, 2.75) is 31.7 Å². The number of hydrogen-bond acceptors (Lipinski definition) is 4. The molecule has 39 heavy (non-hydrogen) atoms. The van der Waals surface area contributed by atoms with Crippen LogP contribution in [0, 0.1) is 0 Å². The van der Waals surface area contributed by atoms with Crippen molar-refractivity contribution < 1.29 is 27.6 Å². The number of rotatable bonds is 4. The van der Waals surface area contributed by atoms with Gasteiger partial charge in [-0.05, 0) is 24.1 Å². The maximum absolute atomic E-state index is 14.7. The number of carbonyl (C=O) groups excluding carboxylic acids is 3. The van der Waals surface area contributed by atoms with Crippen LogP contribution in [0.25, 0.3) is 33.9 Å². The van der Waals surface area contributed by atoms with Crippen molar-refractivity contribution in [1.82, 2.24) is 19.8 Å². The molecule has 7 nitrogen and oxygen atoms in total. The van der Waals surface area contributed by atoms with Crippen molar-refractivity contribution in [1.29, 1.82) is 0 Å². The molecule has 1 fully saturated rings. The zero-order valence-corrected chi connectivity index (χ0v) is 20.4. The van der Waals surface area contributed by atoms with Crippen LogP contribution in [0.1, 0.15) is 28.8 Å². The lowest BCUT2D eigenvalue weighted by Crippen LogP contribution is -2.52. The third-order valence-corrected chi connectivity index (χ3v) is 7.01. The first-order chi connectivity index (χ1) is 18.7. The number of nitrogens with one attached hydrogen (secondary N) is 1. The molecule has 0 bridgehead atoms. The molecule has 4 aromatic rings. The quantitative estimate of drug-likeness (QED) is 0.371. The second-order valence-corrected chi connectivity index (χ2v) is 9.44. The van der Waals surface area contributed by atoms with Gasteiger partial charge in [0.15, 0.2) is 0 Å². The normalized spacial score (nSPS) is 17.4. The Morgan fingerprint density at radius 1 is 0.846 bits per heavy atom. The van der Waals surface area contributed by atoms with Gasteiger partial charge in [0.2, 0.25) is 11.8 Å². The van der Waals surface area contributed by atoms with E-state index in [0.717, 1.165) is 0 Å². The molecule has 3 aromatic carbocycles. The van der Waals surface area contributed by atoms with E-state index < -0.39 is 30.1 Å². The lowest BCUT2D eigenvalue weighted by molar-refractivity contribution is -0.201. The number of benzene rings is 3. The minimum Gasteiger partial charge on any atom is -0.322 e. The molecule has 3 amide bonds. The number of fused-ring (bicyclic) bond motifs is 1. The molecule has 1 aromatic heterocycles. The summed E-state index contributed by atoms with van der Waals surface area (Å²) in [5.41, 5.74) is 1.95. The first-order valence-corrected chi connectivity index (χ1v) is 12.3. The average Bonchev–Trinajstić information content (AvgIpc) is 3.48. The van der Waals surface area contributed by atoms with Crippen molar-refractivity contribution in [3.8, 4) is 33.9 Å². The van der Waals surface area contributed by atoms with Crippen LogP contribution in [0.5, 0.6) is 0 Å². The Bertz CT molecular complexity index is 1610. The second kappa shape index (κ2) is 9.23. The summed E-state index contributed by atoms with van der Waals surface area (Å²) >= 11 is 0. The van der Waals surface area contributed by atoms with Crippen LogP contribution in [0.4, 0.5) is 13.2 Å². The van der Waals surface area contributed by atoms with Crippen molar-refractivity contribution >= 4 is 17.7 Å². The van der Waals surface area contributed by atoms with E-state index in [1.165, 1.54) is 23.1 Å². The molecule has 2 aliphatic heterocycles. The summed E-state index contributed by atoms with van der Waals surface area (Å²) in [6.45, 7) is 0.0398. The van der Waals surface area contributed by atoms with Crippen LogP contribution in [0.3, 0.4) is 0 Å². The summed E-state index contributed by atoms with van der Waals surface area (Å²) in [5, 5.41) is 2.24. The standard InChI is InChI=1S/C29H21F3N4O3/c30-29(31,32)36-25(18-9-5-2-6-10-18)24(17-7-3-1-4-8-17)34-26(36)19-11-12-21-20(15-19)16-35(28(21)39)22-13-14-23(37)33-27(22)38/h1-12,15,22H,13-14,16H2,(H,33,37,38). The van der Waals surface area contributed by atoms with Crippen LogP contribution in [0.15, 0.2) is 78.9 Å². The monoisotopic (exact) mass is 530 g/mol. The Hall–Kier alpha value is -4.73. The van der Waals surface area contributed by atoms with Gasteiger partial charge in [0.05, 0.1) is 11.4 Å². The van der Waals surface area contributed by atoms with E-state index in [-0.39, 0.29) is 46.7 Å². The lowest BCUT2D eigenvalue weighted by atomic mass is 10.0. The molecule has 10 heteroatoms. The predicted octanol–water partition coefficient (Wildman–Crippen LogP) is 5.12. The number of hydrogen-bond donors (Lipinski definition) is 1. The molecule has 1 atom stereocenters. The van der Waals surface area contributed by atoms with Crippen LogP contribution in [-0.2, 0) is 22.4 Å². The SMILES string of the molecule is O=C1CCC(N2Cc3cc(-c4nc(-c5ccccc5)c(-c5ccccc5)n4C(F)(F)F)ccc3C2=O)C(=O)N1. The van der Waals surface area contributed by atoms with Crippen LogP contribution >= 0.6 is 0 Å². The number of nitrogens with zero attached hydrogens (tertiary/aromatic N) is 3. The molecule has 3 heterocycles. The molecular weight excluding hydrogens is 509 g/mol. The second-order valence-electron chi connectivity index (χ2n) is 9.44. The molecule has 0 saturated carbocycles. The maximum atomic E-state index is 14.7. The van der Waals surface area contributed by atoms with E-state index in [9.17, 15) is 27.6 Å². The van der Waals surface area contributed by atoms with Crippen LogP contribution in [-0.4, -0.2) is 38.2 Å². The lowest BCUT2D eigenvalue weighted by Gasteiger charge is -2.29. The Kier molecular flexibility index (Phi) is 5.82. The molecule has 0 radical (unpaired) electrons. The van der Waals surface area contributed by atoms with E-state index >= 15 is 0 Å². The van der Waals surface area contributed by atoms with Crippen LogP contribution < -0.4 is 5.32 Å². The van der Waals surface area contributed by atoms with Crippen molar-refractivity contribution in [2.75, 3.05) is 0 Å². The maximum Gasteiger partial charge on any atom is 0.490 e. The summed E-state index contributed by atoms with van der Waals surface area (Å²) in [7, 11) is 0. The summed E-state index contributed by atoms with van der Waals surface area (Å²) in [5.74, 6) is -1.67. The van der Waals surface area contributed by atoms with E-state index in [1.807, 2.05) is 0 Å². The first kappa shape index (κ1) is 24.6. The summed E-state index contributed by atoms with van der Waals surface area (Å²) in [4.78, 5) is 42.9. The summed E-state index contributed by atoms with van der Waals surface area (Å²) < 4.78 is 44.4. The minimum absolute atomic E-state index is 0.0398.